The molecule has 0 bridgehead atoms. The van der Waals surface area contributed by atoms with E-state index in [2.05, 4.69) is 25.7 Å². The Kier molecular flexibility index (Phi) is 2.93. The third-order valence-electron chi connectivity index (χ3n) is 2.11. The number of aliphatic hydroxyl groups excluding tert-OH is 1. The lowest BCUT2D eigenvalue weighted by Gasteiger charge is -1.99. The molecule has 16 heavy (non-hydrogen) atoms. The lowest BCUT2D eigenvalue weighted by atomic mass is 10.2. The van der Waals surface area contributed by atoms with E-state index in [-0.39, 0.29) is 5.69 Å². The van der Waals surface area contributed by atoms with Gasteiger partial charge in [0, 0.05) is 16.6 Å². The van der Waals surface area contributed by atoms with Gasteiger partial charge >= 0.3 is 0 Å². The van der Waals surface area contributed by atoms with Crippen molar-refractivity contribution in [2.24, 2.45) is 0 Å². The fraction of sp³-hybridized carbons (Fsp3) is 0.200. The Morgan fingerprint density at radius 1 is 1.44 bits per heavy atom. The SMILES string of the molecule is CC(O)c1c([O-])on[n+]1-c1ccc(Br)cc1. The van der Waals surface area contributed by atoms with E-state index < -0.39 is 12.1 Å². The van der Waals surface area contributed by atoms with Gasteiger partial charge in [0.05, 0.1) is 5.27 Å². The van der Waals surface area contributed by atoms with Gasteiger partial charge in [-0.3, -0.25) is 0 Å². The highest BCUT2D eigenvalue weighted by Crippen LogP contribution is 2.18. The molecule has 1 heterocycles. The van der Waals surface area contributed by atoms with Crippen LogP contribution in [0.2, 0.25) is 0 Å². The second-order valence-corrected chi connectivity index (χ2v) is 4.23. The van der Waals surface area contributed by atoms with Crippen LogP contribution in [0.1, 0.15) is 18.7 Å². The van der Waals surface area contributed by atoms with E-state index in [1.807, 2.05) is 12.1 Å². The van der Waals surface area contributed by atoms with Crippen LogP contribution in [0.15, 0.2) is 33.3 Å². The van der Waals surface area contributed by atoms with Crippen molar-refractivity contribution >= 4 is 15.9 Å². The van der Waals surface area contributed by atoms with Crippen molar-refractivity contribution in [3.63, 3.8) is 0 Å². The van der Waals surface area contributed by atoms with E-state index in [1.54, 1.807) is 12.1 Å². The second kappa shape index (κ2) is 4.23. The first-order chi connectivity index (χ1) is 7.59. The minimum atomic E-state index is -0.928. The monoisotopic (exact) mass is 284 g/mol. The summed E-state index contributed by atoms with van der Waals surface area (Å²) in [5.74, 6) is -0.627. The van der Waals surface area contributed by atoms with Crippen LogP contribution >= 0.6 is 15.9 Å². The Hall–Kier alpha value is -1.40. The molecule has 0 amide bonds. The quantitative estimate of drug-likeness (QED) is 0.830. The highest BCUT2D eigenvalue weighted by atomic mass is 79.9. The summed E-state index contributed by atoms with van der Waals surface area (Å²) in [5, 5.41) is 24.4. The molecule has 0 aliphatic carbocycles. The van der Waals surface area contributed by atoms with Gasteiger partial charge in [0.25, 0.3) is 5.69 Å². The van der Waals surface area contributed by atoms with Gasteiger partial charge in [-0.25, -0.2) is 0 Å². The van der Waals surface area contributed by atoms with Gasteiger partial charge in [0.2, 0.25) is 5.69 Å². The molecule has 1 N–H and O–H groups in total. The number of aliphatic hydroxyl groups is 1. The number of aromatic nitrogens is 2. The van der Waals surface area contributed by atoms with E-state index in [0.29, 0.717) is 5.69 Å². The number of rotatable bonds is 2. The molecule has 6 heteroatoms. The first kappa shape index (κ1) is 11.1. The third-order valence-corrected chi connectivity index (χ3v) is 2.64. The molecule has 2 rings (SSSR count). The van der Waals surface area contributed by atoms with Gasteiger partial charge in [-0.15, -0.1) is 0 Å². The maximum Gasteiger partial charge on any atom is 0.268 e. The number of nitrogens with zero attached hydrogens (tertiary/aromatic N) is 2. The smallest absolute Gasteiger partial charge is 0.268 e. The molecule has 0 aliphatic rings. The molecule has 1 aromatic heterocycles. The Labute approximate surface area is 100 Å². The van der Waals surface area contributed by atoms with Crippen molar-refractivity contribution in [1.82, 2.24) is 5.27 Å². The van der Waals surface area contributed by atoms with Crippen molar-refractivity contribution in [3.05, 3.63) is 34.4 Å². The topological polar surface area (TPSA) is 73.2 Å². The molecule has 0 saturated carbocycles. The standard InChI is InChI=1S/C10H9BrN2O3/c1-6(14)9-10(15)16-12-13(9)8-4-2-7(11)3-5-8/h2-6,14H,1H3. The molecule has 84 valence electrons. The zero-order chi connectivity index (χ0) is 11.7. The van der Waals surface area contributed by atoms with E-state index in [0.717, 1.165) is 4.47 Å². The summed E-state index contributed by atoms with van der Waals surface area (Å²) < 4.78 is 6.74. The predicted molar refractivity (Wildman–Crippen MR) is 55.8 cm³/mol. The lowest BCUT2D eigenvalue weighted by molar-refractivity contribution is -0.680. The van der Waals surface area contributed by atoms with Crippen LogP contribution in [-0.4, -0.2) is 10.4 Å². The maximum absolute atomic E-state index is 11.3. The molecule has 1 unspecified atom stereocenters. The molecule has 0 saturated heterocycles. The number of hydrogen-bond acceptors (Lipinski definition) is 4. The normalized spacial score (nSPS) is 12.7. The van der Waals surface area contributed by atoms with Crippen LogP contribution in [0, 0.1) is 0 Å². The average Bonchev–Trinajstić information content (AvgIpc) is 2.61. The van der Waals surface area contributed by atoms with Crippen molar-refractivity contribution in [1.29, 1.82) is 0 Å². The van der Waals surface area contributed by atoms with Gasteiger partial charge in [-0.1, -0.05) is 15.9 Å². The molecule has 5 nitrogen and oxygen atoms in total. The zero-order valence-corrected chi connectivity index (χ0v) is 10.0. The fourth-order valence-electron chi connectivity index (χ4n) is 1.37. The van der Waals surface area contributed by atoms with Gasteiger partial charge in [0.15, 0.2) is 5.95 Å². The van der Waals surface area contributed by atoms with Crippen LogP contribution in [0.4, 0.5) is 0 Å². The first-order valence-corrected chi connectivity index (χ1v) is 5.42. The largest absolute Gasteiger partial charge is 0.539 e. The van der Waals surface area contributed by atoms with E-state index >= 15 is 0 Å². The summed E-state index contributed by atoms with van der Waals surface area (Å²) in [6.07, 6.45) is -0.928. The van der Waals surface area contributed by atoms with Crippen molar-refractivity contribution in [2.45, 2.75) is 13.0 Å². The summed E-state index contributed by atoms with van der Waals surface area (Å²) in [6, 6.07) is 7.15. The Morgan fingerprint density at radius 2 is 2.06 bits per heavy atom. The van der Waals surface area contributed by atoms with Crippen molar-refractivity contribution < 1.29 is 19.4 Å². The minimum Gasteiger partial charge on any atom is -0.539 e. The molecule has 0 radical (unpaired) electrons. The van der Waals surface area contributed by atoms with E-state index in [9.17, 15) is 10.2 Å². The predicted octanol–water partition coefficient (Wildman–Crippen LogP) is 0.841. The van der Waals surface area contributed by atoms with Gasteiger partial charge < -0.3 is 14.7 Å². The average molecular weight is 285 g/mol. The number of benzene rings is 1. The number of halogens is 1. The van der Waals surface area contributed by atoms with Crippen LogP contribution in [0.5, 0.6) is 5.95 Å². The lowest BCUT2D eigenvalue weighted by Crippen LogP contribution is -2.37. The Bertz CT molecular complexity index is 493. The molecule has 0 fully saturated rings. The fourth-order valence-corrected chi connectivity index (χ4v) is 1.64. The molecule has 2 aromatic rings. The molecular weight excluding hydrogens is 276 g/mol. The molecule has 1 atom stereocenters. The van der Waals surface area contributed by atoms with Gasteiger partial charge in [-0.05, 0) is 23.7 Å². The van der Waals surface area contributed by atoms with Crippen LogP contribution in [-0.2, 0) is 0 Å². The highest BCUT2D eigenvalue weighted by molar-refractivity contribution is 9.10. The molecule has 0 aliphatic heterocycles. The van der Waals surface area contributed by atoms with Crippen LogP contribution < -0.4 is 9.79 Å². The van der Waals surface area contributed by atoms with Crippen molar-refractivity contribution in [2.75, 3.05) is 0 Å². The summed E-state index contributed by atoms with van der Waals surface area (Å²) in [6.45, 7) is 1.49. The van der Waals surface area contributed by atoms with E-state index in [4.69, 9.17) is 0 Å². The summed E-state index contributed by atoms with van der Waals surface area (Å²) in [7, 11) is 0. The first-order valence-electron chi connectivity index (χ1n) is 4.62. The minimum absolute atomic E-state index is 0.113. The second-order valence-electron chi connectivity index (χ2n) is 3.31. The van der Waals surface area contributed by atoms with Crippen molar-refractivity contribution in [3.8, 4) is 11.6 Å². The molecular formula is C10H9BrN2O3. The van der Waals surface area contributed by atoms with Gasteiger partial charge in [-0.2, -0.15) is 0 Å². The van der Waals surface area contributed by atoms with E-state index in [1.165, 1.54) is 11.6 Å². The third kappa shape index (κ3) is 1.94. The summed E-state index contributed by atoms with van der Waals surface area (Å²) in [5.41, 5.74) is 0.771. The molecule has 1 aromatic carbocycles. The summed E-state index contributed by atoms with van der Waals surface area (Å²) >= 11 is 3.31. The maximum atomic E-state index is 11.3. The molecule has 0 spiro atoms. The van der Waals surface area contributed by atoms with Gasteiger partial charge in [0.1, 0.15) is 6.10 Å². The Morgan fingerprint density at radius 3 is 2.62 bits per heavy atom. The zero-order valence-electron chi connectivity index (χ0n) is 8.42. The summed E-state index contributed by atoms with van der Waals surface area (Å²) in [4.78, 5) is 0. The van der Waals surface area contributed by atoms with Crippen LogP contribution in [0.3, 0.4) is 0 Å². The highest BCUT2D eigenvalue weighted by Gasteiger charge is 2.24. The van der Waals surface area contributed by atoms with Crippen LogP contribution in [0.25, 0.3) is 5.69 Å². The Balaban J connectivity index is 2.52. The number of hydrogen-bond donors (Lipinski definition) is 1.